The first kappa shape index (κ1) is 11.5. The molecular weight excluding hydrogens is 222 g/mol. The van der Waals surface area contributed by atoms with Crippen LogP contribution in [0.15, 0.2) is 23.1 Å². The molecule has 0 aliphatic heterocycles. The Kier molecular flexibility index (Phi) is 2.96. The lowest BCUT2D eigenvalue weighted by molar-refractivity contribution is -0.117. The van der Waals surface area contributed by atoms with Gasteiger partial charge in [-0.15, -0.1) is 0 Å². The van der Waals surface area contributed by atoms with Crippen molar-refractivity contribution in [1.82, 2.24) is 0 Å². The molecule has 0 unspecified atom stereocenters. The molecule has 0 saturated carbocycles. The number of hydrogen-bond acceptors (Lipinski definition) is 4. The standard InChI is InChI=1S/C8H9NO5S/c9-8(11)4-5-3-6(10)1-2-7(5)15(12,13)14/h1-3,10H,4H2,(H2,9,11)(H,12,13,14). The maximum absolute atomic E-state index is 10.9. The van der Waals surface area contributed by atoms with Crippen molar-refractivity contribution in [2.75, 3.05) is 0 Å². The molecule has 1 aromatic rings. The smallest absolute Gasteiger partial charge is 0.294 e. The van der Waals surface area contributed by atoms with Gasteiger partial charge in [-0.1, -0.05) is 0 Å². The Morgan fingerprint density at radius 2 is 2.00 bits per heavy atom. The van der Waals surface area contributed by atoms with Crippen molar-refractivity contribution in [2.24, 2.45) is 5.73 Å². The monoisotopic (exact) mass is 231 g/mol. The normalized spacial score (nSPS) is 11.3. The minimum absolute atomic E-state index is 0.0370. The van der Waals surface area contributed by atoms with E-state index in [4.69, 9.17) is 15.4 Å². The summed E-state index contributed by atoms with van der Waals surface area (Å²) in [6, 6.07) is 3.16. The molecule has 0 radical (unpaired) electrons. The summed E-state index contributed by atoms with van der Waals surface area (Å²) in [7, 11) is -4.41. The van der Waals surface area contributed by atoms with E-state index in [1.54, 1.807) is 0 Å². The molecule has 0 heterocycles. The van der Waals surface area contributed by atoms with Crippen molar-refractivity contribution in [3.63, 3.8) is 0 Å². The highest BCUT2D eigenvalue weighted by atomic mass is 32.2. The summed E-state index contributed by atoms with van der Waals surface area (Å²) >= 11 is 0. The molecule has 82 valence electrons. The molecule has 0 aliphatic rings. The summed E-state index contributed by atoms with van der Waals surface area (Å²) in [4.78, 5) is 10.2. The van der Waals surface area contributed by atoms with Gasteiger partial charge in [0.25, 0.3) is 10.1 Å². The van der Waals surface area contributed by atoms with E-state index in [0.29, 0.717) is 0 Å². The highest BCUT2D eigenvalue weighted by Gasteiger charge is 2.16. The van der Waals surface area contributed by atoms with Crippen LogP contribution in [0.3, 0.4) is 0 Å². The zero-order valence-corrected chi connectivity index (χ0v) is 8.36. The number of benzene rings is 1. The third-order valence-corrected chi connectivity index (χ3v) is 2.64. The maximum Gasteiger partial charge on any atom is 0.294 e. The van der Waals surface area contributed by atoms with Crippen LogP contribution in [0, 0.1) is 0 Å². The molecule has 0 fully saturated rings. The van der Waals surface area contributed by atoms with E-state index in [9.17, 15) is 13.2 Å². The molecule has 4 N–H and O–H groups in total. The lowest BCUT2D eigenvalue weighted by atomic mass is 10.1. The lowest BCUT2D eigenvalue weighted by Gasteiger charge is -2.05. The molecule has 0 aliphatic carbocycles. The molecule has 0 spiro atoms. The van der Waals surface area contributed by atoms with Gasteiger partial charge >= 0.3 is 0 Å². The maximum atomic E-state index is 10.9. The largest absolute Gasteiger partial charge is 0.508 e. The predicted molar refractivity (Wildman–Crippen MR) is 50.8 cm³/mol. The van der Waals surface area contributed by atoms with E-state index in [0.717, 1.165) is 18.2 Å². The van der Waals surface area contributed by atoms with Crippen LogP contribution in [0.2, 0.25) is 0 Å². The molecule has 0 bridgehead atoms. The number of hydrogen-bond donors (Lipinski definition) is 3. The lowest BCUT2D eigenvalue weighted by Crippen LogP contribution is -2.16. The van der Waals surface area contributed by atoms with E-state index < -0.39 is 20.9 Å². The summed E-state index contributed by atoms with van der Waals surface area (Å²) in [5.41, 5.74) is 4.85. The average molecular weight is 231 g/mol. The van der Waals surface area contributed by atoms with Gasteiger partial charge in [-0.25, -0.2) is 0 Å². The minimum Gasteiger partial charge on any atom is -0.508 e. The van der Waals surface area contributed by atoms with Gasteiger partial charge in [-0.05, 0) is 23.8 Å². The molecule has 6 nitrogen and oxygen atoms in total. The molecule has 0 saturated heterocycles. The number of phenols is 1. The second-order valence-electron chi connectivity index (χ2n) is 2.91. The highest BCUT2D eigenvalue weighted by Crippen LogP contribution is 2.21. The summed E-state index contributed by atoms with van der Waals surface area (Å²) in [5, 5.41) is 9.09. The summed E-state index contributed by atoms with van der Waals surface area (Å²) in [6.07, 6.45) is -0.372. The van der Waals surface area contributed by atoms with Crippen molar-refractivity contribution in [1.29, 1.82) is 0 Å². The summed E-state index contributed by atoms with van der Waals surface area (Å²) in [6.45, 7) is 0. The Balaban J connectivity index is 3.33. The van der Waals surface area contributed by atoms with Crippen LogP contribution in [0.1, 0.15) is 5.56 Å². The third kappa shape index (κ3) is 2.93. The molecule has 0 aromatic heterocycles. The first-order valence-corrected chi connectivity index (χ1v) is 5.32. The second kappa shape index (κ2) is 3.87. The Hall–Kier alpha value is -1.60. The molecule has 15 heavy (non-hydrogen) atoms. The number of aromatic hydroxyl groups is 1. The number of nitrogens with two attached hydrogens (primary N) is 1. The Morgan fingerprint density at radius 1 is 1.40 bits per heavy atom. The van der Waals surface area contributed by atoms with Gasteiger partial charge in [-0.2, -0.15) is 8.42 Å². The van der Waals surface area contributed by atoms with Crippen LogP contribution < -0.4 is 5.73 Å². The van der Waals surface area contributed by atoms with Crippen LogP contribution in [0.25, 0.3) is 0 Å². The topological polar surface area (TPSA) is 118 Å². The van der Waals surface area contributed by atoms with Crippen LogP contribution in [0.4, 0.5) is 0 Å². The van der Waals surface area contributed by atoms with Crippen LogP contribution in [0.5, 0.6) is 5.75 Å². The molecule has 1 amide bonds. The van der Waals surface area contributed by atoms with E-state index in [2.05, 4.69) is 0 Å². The fourth-order valence-electron chi connectivity index (χ4n) is 1.14. The van der Waals surface area contributed by atoms with Crippen molar-refractivity contribution >= 4 is 16.0 Å². The number of carbonyl (C=O) groups excluding carboxylic acids is 1. The number of phenolic OH excluding ortho intramolecular Hbond substituents is 1. The van der Waals surface area contributed by atoms with Gasteiger partial charge in [0.1, 0.15) is 5.75 Å². The number of primary amides is 1. The Morgan fingerprint density at radius 3 is 2.47 bits per heavy atom. The zero-order chi connectivity index (χ0) is 11.6. The van der Waals surface area contributed by atoms with Crippen LogP contribution in [-0.4, -0.2) is 24.0 Å². The third-order valence-electron chi connectivity index (χ3n) is 1.69. The quantitative estimate of drug-likeness (QED) is 0.615. The van der Waals surface area contributed by atoms with Crippen molar-refractivity contribution in [2.45, 2.75) is 11.3 Å². The second-order valence-corrected chi connectivity index (χ2v) is 4.30. The van der Waals surface area contributed by atoms with E-state index in [-0.39, 0.29) is 17.7 Å². The molecular formula is C8H9NO5S. The van der Waals surface area contributed by atoms with Gasteiger partial charge in [0.05, 0.1) is 11.3 Å². The predicted octanol–water partition coefficient (Wildman–Crippen LogP) is -0.333. The van der Waals surface area contributed by atoms with Crippen LogP contribution >= 0.6 is 0 Å². The number of carbonyl (C=O) groups is 1. The zero-order valence-electron chi connectivity index (χ0n) is 7.54. The Bertz CT molecular complexity index is 494. The minimum atomic E-state index is -4.41. The number of amides is 1. The fraction of sp³-hybridized carbons (Fsp3) is 0.125. The van der Waals surface area contributed by atoms with E-state index in [1.807, 2.05) is 0 Å². The SMILES string of the molecule is NC(=O)Cc1cc(O)ccc1S(=O)(=O)O. The van der Waals surface area contributed by atoms with Gasteiger partial charge in [-0.3, -0.25) is 9.35 Å². The van der Waals surface area contributed by atoms with Crippen molar-refractivity contribution in [3.05, 3.63) is 23.8 Å². The highest BCUT2D eigenvalue weighted by molar-refractivity contribution is 7.85. The molecule has 0 atom stereocenters. The number of rotatable bonds is 3. The van der Waals surface area contributed by atoms with Gasteiger partial charge < -0.3 is 10.8 Å². The molecule has 1 aromatic carbocycles. The summed E-state index contributed by atoms with van der Waals surface area (Å²) < 4.78 is 30.5. The Labute approximate surface area is 86.1 Å². The fourth-order valence-corrected chi connectivity index (χ4v) is 1.85. The first-order valence-electron chi connectivity index (χ1n) is 3.88. The van der Waals surface area contributed by atoms with E-state index in [1.165, 1.54) is 0 Å². The van der Waals surface area contributed by atoms with Gasteiger partial charge in [0, 0.05) is 0 Å². The van der Waals surface area contributed by atoms with E-state index >= 15 is 0 Å². The van der Waals surface area contributed by atoms with Crippen molar-refractivity contribution in [3.8, 4) is 5.75 Å². The molecule has 1 rings (SSSR count). The summed E-state index contributed by atoms with van der Waals surface area (Å²) in [5.74, 6) is -0.968. The van der Waals surface area contributed by atoms with Crippen molar-refractivity contribution < 1.29 is 22.9 Å². The average Bonchev–Trinajstić information content (AvgIpc) is 1.99. The van der Waals surface area contributed by atoms with Gasteiger partial charge in [0.2, 0.25) is 5.91 Å². The molecule has 7 heteroatoms. The first-order chi connectivity index (χ1) is 6.80. The van der Waals surface area contributed by atoms with Crippen LogP contribution in [-0.2, 0) is 21.3 Å². The van der Waals surface area contributed by atoms with Gasteiger partial charge in [0.15, 0.2) is 0 Å².